The van der Waals surface area contributed by atoms with E-state index >= 15 is 0 Å². The van der Waals surface area contributed by atoms with Crippen LogP contribution in [0.5, 0.6) is 6.01 Å². The summed E-state index contributed by atoms with van der Waals surface area (Å²) in [5, 5.41) is 0.143. The molecule has 0 N–H and O–H groups in total. The quantitative estimate of drug-likeness (QED) is 0.559. The van der Waals surface area contributed by atoms with Gasteiger partial charge in [0.1, 0.15) is 5.15 Å². The SMILES string of the molecule is [2H]C([2H])([2H])Oc1nccc(Cl)n1. The normalized spacial score (nSPS) is 15.4. The van der Waals surface area contributed by atoms with Crippen LogP contribution in [0, 0.1) is 0 Å². The van der Waals surface area contributed by atoms with Crippen LogP contribution in [0.4, 0.5) is 0 Å². The second kappa shape index (κ2) is 2.64. The van der Waals surface area contributed by atoms with Crippen LogP contribution in [0.1, 0.15) is 4.11 Å². The molecule has 0 saturated heterocycles. The number of methoxy groups -OCH3 is 1. The lowest BCUT2D eigenvalue weighted by Crippen LogP contribution is -1.89. The summed E-state index contributed by atoms with van der Waals surface area (Å²) < 4.78 is 24.6. The van der Waals surface area contributed by atoms with Gasteiger partial charge >= 0.3 is 6.01 Å². The zero-order valence-corrected chi connectivity index (χ0v) is 5.09. The minimum absolute atomic E-state index is 0.143. The number of hydrogen-bond acceptors (Lipinski definition) is 3. The molecule has 1 rings (SSSR count). The first-order valence-electron chi connectivity index (χ1n) is 3.65. The van der Waals surface area contributed by atoms with Crippen LogP contribution in [0.15, 0.2) is 12.3 Å². The van der Waals surface area contributed by atoms with Gasteiger partial charge < -0.3 is 4.74 Å². The van der Waals surface area contributed by atoms with Crippen LogP contribution in [0.25, 0.3) is 0 Å². The molecular formula is C5H5ClN2O. The summed E-state index contributed by atoms with van der Waals surface area (Å²) in [5.74, 6) is 0. The second-order valence-corrected chi connectivity index (χ2v) is 1.65. The van der Waals surface area contributed by atoms with E-state index in [2.05, 4.69) is 14.7 Å². The summed E-state index contributed by atoms with van der Waals surface area (Å²) in [6.07, 6.45) is 1.32. The number of halogens is 1. The summed E-state index contributed by atoms with van der Waals surface area (Å²) >= 11 is 5.46. The summed E-state index contributed by atoms with van der Waals surface area (Å²) in [7, 11) is -2.54. The van der Waals surface area contributed by atoms with Crippen LogP contribution in [0.3, 0.4) is 0 Å². The zero-order valence-electron chi connectivity index (χ0n) is 7.34. The Morgan fingerprint density at radius 1 is 1.89 bits per heavy atom. The monoisotopic (exact) mass is 147 g/mol. The van der Waals surface area contributed by atoms with E-state index in [0.717, 1.165) is 0 Å². The van der Waals surface area contributed by atoms with Crippen molar-refractivity contribution >= 4 is 11.6 Å². The lowest BCUT2D eigenvalue weighted by Gasteiger charge is -1.93. The first kappa shape index (κ1) is 3.37. The van der Waals surface area contributed by atoms with E-state index in [4.69, 9.17) is 15.7 Å². The molecule has 0 fully saturated rings. The van der Waals surface area contributed by atoms with Crippen molar-refractivity contribution in [2.45, 2.75) is 0 Å². The first-order valence-corrected chi connectivity index (χ1v) is 2.53. The van der Waals surface area contributed by atoms with Crippen LogP contribution in [-0.4, -0.2) is 17.0 Å². The Morgan fingerprint density at radius 3 is 3.44 bits per heavy atom. The Balaban J connectivity index is 2.77. The van der Waals surface area contributed by atoms with Crippen molar-refractivity contribution in [3.63, 3.8) is 0 Å². The van der Waals surface area contributed by atoms with Gasteiger partial charge in [-0.1, -0.05) is 11.6 Å². The standard InChI is InChI=1S/C5H5ClN2O/c1-9-5-7-3-2-4(6)8-5/h2-3H,1H3/i1D3. The van der Waals surface area contributed by atoms with Gasteiger partial charge in [0.05, 0.1) is 11.2 Å². The number of ether oxygens (including phenoxy) is 1. The first-order chi connectivity index (χ1) is 5.47. The molecule has 0 bridgehead atoms. The minimum Gasteiger partial charge on any atom is -0.467 e. The molecule has 0 aliphatic heterocycles. The molecule has 0 aliphatic carbocycles. The van der Waals surface area contributed by atoms with Gasteiger partial charge in [0.15, 0.2) is 0 Å². The third kappa shape index (κ3) is 1.54. The van der Waals surface area contributed by atoms with Gasteiger partial charge in [0.25, 0.3) is 0 Å². The number of hydrogen-bond donors (Lipinski definition) is 0. The van der Waals surface area contributed by atoms with E-state index in [1.54, 1.807) is 0 Å². The smallest absolute Gasteiger partial charge is 0.317 e. The molecule has 3 nitrogen and oxygen atoms in total. The molecular weight excluding hydrogens is 140 g/mol. The van der Waals surface area contributed by atoms with Crippen LogP contribution in [-0.2, 0) is 0 Å². The highest BCUT2D eigenvalue weighted by molar-refractivity contribution is 6.29. The van der Waals surface area contributed by atoms with Crippen molar-refractivity contribution in [1.29, 1.82) is 0 Å². The van der Waals surface area contributed by atoms with E-state index in [0.29, 0.717) is 0 Å². The van der Waals surface area contributed by atoms with E-state index < -0.39 is 7.04 Å². The minimum atomic E-state index is -2.54. The fraction of sp³-hybridized carbons (Fsp3) is 0.200. The van der Waals surface area contributed by atoms with Crippen molar-refractivity contribution < 1.29 is 8.85 Å². The summed E-state index contributed by atoms with van der Waals surface area (Å²) in [6.45, 7) is 0. The predicted molar refractivity (Wildman–Crippen MR) is 33.6 cm³/mol. The van der Waals surface area contributed by atoms with Crippen molar-refractivity contribution in [2.24, 2.45) is 0 Å². The Bertz CT molecular complexity index is 278. The Morgan fingerprint density at radius 2 is 2.78 bits per heavy atom. The average molecular weight is 148 g/mol. The molecule has 0 radical (unpaired) electrons. The number of aromatic nitrogens is 2. The highest BCUT2D eigenvalue weighted by Crippen LogP contribution is 2.05. The largest absolute Gasteiger partial charge is 0.467 e. The molecule has 4 heteroatoms. The van der Waals surface area contributed by atoms with Gasteiger partial charge in [-0.15, -0.1) is 0 Å². The van der Waals surface area contributed by atoms with Gasteiger partial charge in [0.2, 0.25) is 0 Å². The van der Waals surface area contributed by atoms with E-state index in [9.17, 15) is 0 Å². The molecule has 0 aromatic carbocycles. The topological polar surface area (TPSA) is 35.0 Å². The number of rotatable bonds is 1. The van der Waals surface area contributed by atoms with E-state index in [-0.39, 0.29) is 11.2 Å². The van der Waals surface area contributed by atoms with E-state index in [1.807, 2.05) is 0 Å². The summed E-state index contributed by atoms with van der Waals surface area (Å²) in [6, 6.07) is 1.18. The van der Waals surface area contributed by atoms with Gasteiger partial charge in [0, 0.05) is 6.20 Å². The highest BCUT2D eigenvalue weighted by atomic mass is 35.5. The molecule has 0 atom stereocenters. The fourth-order valence-electron chi connectivity index (χ4n) is 0.369. The van der Waals surface area contributed by atoms with Crippen LogP contribution >= 0.6 is 11.6 Å². The Kier molecular flexibility index (Phi) is 0.987. The molecule has 0 aliphatic rings. The average Bonchev–Trinajstić information content (AvgIpc) is 1.82. The maximum atomic E-state index is 6.73. The van der Waals surface area contributed by atoms with Crippen LogP contribution in [0.2, 0.25) is 5.15 Å². The van der Waals surface area contributed by atoms with Gasteiger partial charge in [-0.05, 0) is 6.07 Å². The molecule has 0 saturated carbocycles. The molecule has 1 heterocycles. The zero-order chi connectivity index (χ0) is 9.19. The summed E-state index contributed by atoms with van der Waals surface area (Å²) in [5.41, 5.74) is 0. The predicted octanol–water partition coefficient (Wildman–Crippen LogP) is 1.14. The Labute approximate surface area is 61.9 Å². The van der Waals surface area contributed by atoms with E-state index in [1.165, 1.54) is 12.3 Å². The molecule has 0 unspecified atom stereocenters. The van der Waals surface area contributed by atoms with Gasteiger partial charge in [-0.25, -0.2) is 4.98 Å². The number of nitrogens with zero attached hydrogens (tertiary/aromatic N) is 2. The lowest BCUT2D eigenvalue weighted by atomic mass is 10.7. The maximum absolute atomic E-state index is 6.73. The molecule has 9 heavy (non-hydrogen) atoms. The molecule has 1 aromatic rings. The third-order valence-corrected chi connectivity index (χ3v) is 0.901. The lowest BCUT2D eigenvalue weighted by molar-refractivity contribution is 0.380. The van der Waals surface area contributed by atoms with Crippen molar-refractivity contribution in [1.82, 2.24) is 9.97 Å². The Hall–Kier alpha value is -0.830. The van der Waals surface area contributed by atoms with Gasteiger partial charge in [-0.2, -0.15) is 4.98 Å². The van der Waals surface area contributed by atoms with Crippen molar-refractivity contribution in [3.05, 3.63) is 17.4 Å². The van der Waals surface area contributed by atoms with Gasteiger partial charge in [-0.3, -0.25) is 0 Å². The maximum Gasteiger partial charge on any atom is 0.317 e. The highest BCUT2D eigenvalue weighted by Gasteiger charge is 1.92. The second-order valence-electron chi connectivity index (χ2n) is 1.26. The molecule has 0 spiro atoms. The molecule has 48 valence electrons. The van der Waals surface area contributed by atoms with Crippen molar-refractivity contribution in [3.8, 4) is 6.01 Å². The van der Waals surface area contributed by atoms with Crippen molar-refractivity contribution in [2.75, 3.05) is 7.04 Å². The molecule has 0 amide bonds. The molecule has 1 aromatic heterocycles. The summed E-state index contributed by atoms with van der Waals surface area (Å²) in [4.78, 5) is 7.08. The van der Waals surface area contributed by atoms with Crippen LogP contribution < -0.4 is 4.74 Å². The fourth-order valence-corrected chi connectivity index (χ4v) is 0.498. The third-order valence-electron chi connectivity index (χ3n) is 0.691.